The van der Waals surface area contributed by atoms with Crippen LogP contribution in [0.25, 0.3) is 0 Å². The van der Waals surface area contributed by atoms with E-state index in [1.165, 1.54) is 19.2 Å². The number of sulfonamides is 1. The summed E-state index contributed by atoms with van der Waals surface area (Å²) in [6.45, 7) is 2.22. The van der Waals surface area contributed by atoms with E-state index >= 15 is 0 Å². The third-order valence-electron chi connectivity index (χ3n) is 2.57. The molecule has 0 radical (unpaired) electrons. The normalized spacial score (nSPS) is 12.7. The van der Waals surface area contributed by atoms with Gasteiger partial charge in [-0.2, -0.15) is 0 Å². The molecule has 0 aliphatic heterocycles. The number of benzene rings is 1. The summed E-state index contributed by atoms with van der Waals surface area (Å²) in [6, 6.07) is 4.37. The second kappa shape index (κ2) is 6.45. The zero-order chi connectivity index (χ0) is 15.4. The van der Waals surface area contributed by atoms with Crippen LogP contribution >= 0.6 is 0 Å². The molecule has 0 amide bonds. The van der Waals surface area contributed by atoms with Crippen LogP contribution in [0.4, 0.5) is 13.2 Å². The molecule has 0 bridgehead atoms. The lowest BCUT2D eigenvalue weighted by molar-refractivity contribution is -0.274. The largest absolute Gasteiger partial charge is 0.573 e. The number of ether oxygens (including phenoxy) is 1. The minimum absolute atomic E-state index is 0.224. The van der Waals surface area contributed by atoms with Crippen molar-refractivity contribution in [3.8, 4) is 5.75 Å². The minimum Gasteiger partial charge on any atom is -0.406 e. The maximum atomic E-state index is 12.1. The predicted molar refractivity (Wildman–Crippen MR) is 67.8 cm³/mol. The molecule has 4 nitrogen and oxygen atoms in total. The summed E-state index contributed by atoms with van der Waals surface area (Å²) >= 11 is 0. The van der Waals surface area contributed by atoms with E-state index in [-0.39, 0.29) is 4.90 Å². The van der Waals surface area contributed by atoms with Crippen molar-refractivity contribution in [1.82, 2.24) is 4.31 Å². The van der Waals surface area contributed by atoms with Gasteiger partial charge in [0.2, 0.25) is 10.0 Å². The fourth-order valence-electron chi connectivity index (χ4n) is 1.51. The van der Waals surface area contributed by atoms with Crippen molar-refractivity contribution in [3.63, 3.8) is 0 Å². The molecule has 20 heavy (non-hydrogen) atoms. The monoisotopic (exact) mass is 311 g/mol. The average Bonchev–Trinajstić information content (AvgIpc) is 2.34. The molecule has 0 aliphatic rings. The van der Waals surface area contributed by atoms with E-state index in [0.717, 1.165) is 22.9 Å². The van der Waals surface area contributed by atoms with E-state index in [4.69, 9.17) is 0 Å². The Morgan fingerprint density at radius 2 is 1.95 bits per heavy atom. The summed E-state index contributed by atoms with van der Waals surface area (Å²) in [5, 5.41) is 0. The smallest absolute Gasteiger partial charge is 0.406 e. The number of halogens is 3. The standard InChI is InChI=1S/C12H16F3NO3S/c1-3-4-8-16(2)20(17,18)11-7-5-6-10(9-11)19-12(13,14)15/h5-7,9H,3-4,8H2,1-2H3. The van der Waals surface area contributed by atoms with Gasteiger partial charge in [-0.15, -0.1) is 13.2 Å². The van der Waals surface area contributed by atoms with Gasteiger partial charge in [0.1, 0.15) is 5.75 Å². The first-order chi connectivity index (χ1) is 9.16. The molecule has 1 rings (SSSR count). The van der Waals surface area contributed by atoms with E-state index in [9.17, 15) is 21.6 Å². The van der Waals surface area contributed by atoms with Crippen LogP contribution < -0.4 is 4.74 Å². The molecule has 8 heteroatoms. The molecular formula is C12H16F3NO3S. The summed E-state index contributed by atoms with van der Waals surface area (Å²) in [5.41, 5.74) is 0. The second-order valence-electron chi connectivity index (χ2n) is 4.20. The molecule has 0 fully saturated rings. The Hall–Kier alpha value is -1.28. The third kappa shape index (κ3) is 4.68. The predicted octanol–water partition coefficient (Wildman–Crippen LogP) is 3.01. The molecule has 114 valence electrons. The number of unbranched alkanes of at least 4 members (excludes halogenated alkanes) is 1. The van der Waals surface area contributed by atoms with E-state index in [2.05, 4.69) is 4.74 Å². The summed E-state index contributed by atoms with van der Waals surface area (Å²) in [4.78, 5) is -0.224. The van der Waals surface area contributed by atoms with Crippen molar-refractivity contribution >= 4 is 10.0 Å². The van der Waals surface area contributed by atoms with Crippen molar-refractivity contribution in [3.05, 3.63) is 24.3 Å². The Bertz CT molecular complexity index is 543. The van der Waals surface area contributed by atoms with Crippen LogP contribution in [0.15, 0.2) is 29.2 Å². The van der Waals surface area contributed by atoms with Crippen LogP contribution in [-0.4, -0.2) is 32.7 Å². The van der Waals surface area contributed by atoms with E-state index < -0.39 is 22.1 Å². The van der Waals surface area contributed by atoms with Gasteiger partial charge in [-0.3, -0.25) is 0 Å². The summed E-state index contributed by atoms with van der Waals surface area (Å²) < 4.78 is 65.5. The number of nitrogens with zero attached hydrogens (tertiary/aromatic N) is 1. The first-order valence-corrected chi connectivity index (χ1v) is 7.43. The lowest BCUT2D eigenvalue weighted by atomic mass is 10.3. The lowest BCUT2D eigenvalue weighted by Gasteiger charge is -2.17. The zero-order valence-corrected chi connectivity index (χ0v) is 12.0. The molecule has 0 aliphatic carbocycles. The van der Waals surface area contributed by atoms with Crippen molar-refractivity contribution in [1.29, 1.82) is 0 Å². The molecule has 0 N–H and O–H groups in total. The molecule has 0 atom stereocenters. The van der Waals surface area contributed by atoms with Crippen molar-refractivity contribution in [2.75, 3.05) is 13.6 Å². The molecule has 0 spiro atoms. The highest BCUT2D eigenvalue weighted by Gasteiger charge is 2.31. The maximum absolute atomic E-state index is 12.1. The summed E-state index contributed by atoms with van der Waals surface area (Å²) in [6.07, 6.45) is -3.36. The van der Waals surface area contributed by atoms with Gasteiger partial charge in [-0.1, -0.05) is 19.4 Å². The highest BCUT2D eigenvalue weighted by Crippen LogP contribution is 2.26. The summed E-state index contributed by atoms with van der Waals surface area (Å²) in [5.74, 6) is -0.553. The van der Waals surface area contributed by atoms with E-state index in [1.807, 2.05) is 6.92 Å². The zero-order valence-electron chi connectivity index (χ0n) is 11.1. The van der Waals surface area contributed by atoms with Gasteiger partial charge in [-0.25, -0.2) is 12.7 Å². The van der Waals surface area contributed by atoms with Crippen molar-refractivity contribution in [2.24, 2.45) is 0 Å². The summed E-state index contributed by atoms with van der Waals surface area (Å²) in [7, 11) is -2.41. The topological polar surface area (TPSA) is 46.6 Å². The average molecular weight is 311 g/mol. The Morgan fingerprint density at radius 3 is 2.50 bits per heavy atom. The van der Waals surface area contributed by atoms with Gasteiger partial charge in [0.25, 0.3) is 0 Å². The Labute approximate surface area is 116 Å². The molecule has 1 aromatic carbocycles. The van der Waals surface area contributed by atoms with Crippen LogP contribution in [0.2, 0.25) is 0 Å². The molecule has 0 saturated heterocycles. The Balaban J connectivity index is 2.98. The Kier molecular flexibility index (Phi) is 5.41. The molecule has 1 aromatic rings. The number of hydrogen-bond acceptors (Lipinski definition) is 3. The van der Waals surface area contributed by atoms with Gasteiger partial charge in [0, 0.05) is 19.7 Å². The Morgan fingerprint density at radius 1 is 1.30 bits per heavy atom. The fourth-order valence-corrected chi connectivity index (χ4v) is 2.76. The third-order valence-corrected chi connectivity index (χ3v) is 4.43. The first kappa shape index (κ1) is 16.8. The number of hydrogen-bond donors (Lipinski definition) is 0. The van der Waals surface area contributed by atoms with Crippen LogP contribution in [0.5, 0.6) is 5.75 Å². The van der Waals surface area contributed by atoms with Gasteiger partial charge < -0.3 is 4.74 Å². The highest BCUT2D eigenvalue weighted by molar-refractivity contribution is 7.89. The number of rotatable bonds is 6. The second-order valence-corrected chi connectivity index (χ2v) is 6.25. The molecule has 0 saturated carbocycles. The number of alkyl halides is 3. The van der Waals surface area contributed by atoms with Crippen LogP contribution in [-0.2, 0) is 10.0 Å². The highest BCUT2D eigenvalue weighted by atomic mass is 32.2. The van der Waals surface area contributed by atoms with Gasteiger partial charge >= 0.3 is 6.36 Å². The quantitative estimate of drug-likeness (QED) is 0.811. The molecule has 0 unspecified atom stereocenters. The van der Waals surface area contributed by atoms with Crippen LogP contribution in [0, 0.1) is 0 Å². The van der Waals surface area contributed by atoms with Crippen molar-refractivity contribution < 1.29 is 26.3 Å². The first-order valence-electron chi connectivity index (χ1n) is 5.99. The van der Waals surface area contributed by atoms with Crippen LogP contribution in [0.1, 0.15) is 19.8 Å². The lowest BCUT2D eigenvalue weighted by Crippen LogP contribution is -2.28. The molecular weight excluding hydrogens is 295 g/mol. The molecule has 0 aromatic heterocycles. The van der Waals surface area contributed by atoms with Crippen LogP contribution in [0.3, 0.4) is 0 Å². The maximum Gasteiger partial charge on any atom is 0.573 e. The fraction of sp³-hybridized carbons (Fsp3) is 0.500. The van der Waals surface area contributed by atoms with E-state index in [0.29, 0.717) is 13.0 Å². The molecule has 0 heterocycles. The minimum atomic E-state index is -4.85. The van der Waals surface area contributed by atoms with Gasteiger partial charge in [0.05, 0.1) is 4.90 Å². The van der Waals surface area contributed by atoms with Gasteiger partial charge in [-0.05, 0) is 18.6 Å². The van der Waals surface area contributed by atoms with Crippen molar-refractivity contribution in [2.45, 2.75) is 31.0 Å². The van der Waals surface area contributed by atoms with Gasteiger partial charge in [0.15, 0.2) is 0 Å². The SMILES string of the molecule is CCCCN(C)S(=O)(=O)c1cccc(OC(F)(F)F)c1. The van der Waals surface area contributed by atoms with E-state index in [1.54, 1.807) is 0 Å².